The number of nitrogens with two attached hydrogens (primary N) is 1. The van der Waals surface area contributed by atoms with Gasteiger partial charge in [0.25, 0.3) is 0 Å². The van der Waals surface area contributed by atoms with E-state index < -0.39 is 5.54 Å². The van der Waals surface area contributed by atoms with Gasteiger partial charge in [-0.2, -0.15) is 0 Å². The lowest BCUT2D eigenvalue weighted by atomic mass is 9.82. The first kappa shape index (κ1) is 17.0. The van der Waals surface area contributed by atoms with E-state index in [9.17, 15) is 4.79 Å². The Kier molecular flexibility index (Phi) is 5.59. The highest BCUT2D eigenvalue weighted by Gasteiger charge is 2.36. The molecule has 4 heteroatoms. The maximum absolute atomic E-state index is 12.6. The number of carbonyl (C=O) groups excluding carboxylic acids is 1. The summed E-state index contributed by atoms with van der Waals surface area (Å²) in [6, 6.07) is 9.54. The lowest BCUT2D eigenvalue weighted by Gasteiger charge is -2.31. The first-order valence-corrected chi connectivity index (χ1v) is 8.12. The predicted octanol–water partition coefficient (Wildman–Crippen LogP) is 2.57. The summed E-state index contributed by atoms with van der Waals surface area (Å²) in [5, 5.41) is 3.09. The Morgan fingerprint density at radius 1 is 1.32 bits per heavy atom. The van der Waals surface area contributed by atoms with Gasteiger partial charge in [-0.1, -0.05) is 43.2 Å². The van der Waals surface area contributed by atoms with Gasteiger partial charge in [0, 0.05) is 20.3 Å². The Morgan fingerprint density at radius 3 is 2.55 bits per heavy atom. The number of benzene rings is 1. The van der Waals surface area contributed by atoms with E-state index in [4.69, 9.17) is 10.5 Å². The second-order valence-electron chi connectivity index (χ2n) is 6.70. The molecule has 1 atom stereocenters. The van der Waals surface area contributed by atoms with Crippen molar-refractivity contribution in [1.82, 2.24) is 5.32 Å². The summed E-state index contributed by atoms with van der Waals surface area (Å²) in [5.41, 5.74) is 6.29. The number of hydrogen-bond donors (Lipinski definition) is 2. The molecule has 1 amide bonds. The van der Waals surface area contributed by atoms with Crippen LogP contribution in [-0.4, -0.2) is 26.2 Å². The number of carbonyl (C=O) groups is 1. The van der Waals surface area contributed by atoms with Crippen LogP contribution in [0, 0.1) is 5.41 Å². The van der Waals surface area contributed by atoms with E-state index in [-0.39, 0.29) is 11.3 Å². The predicted molar refractivity (Wildman–Crippen MR) is 88.4 cm³/mol. The van der Waals surface area contributed by atoms with Gasteiger partial charge in [-0.3, -0.25) is 4.79 Å². The zero-order chi connectivity index (χ0) is 16.1. The van der Waals surface area contributed by atoms with Crippen molar-refractivity contribution in [1.29, 1.82) is 0 Å². The molecule has 1 aromatic rings. The molecular weight excluding hydrogens is 276 g/mol. The summed E-state index contributed by atoms with van der Waals surface area (Å²) in [7, 11) is 1.73. The van der Waals surface area contributed by atoms with Crippen molar-refractivity contribution in [2.45, 2.75) is 44.6 Å². The van der Waals surface area contributed by atoms with Gasteiger partial charge in [0.1, 0.15) is 5.54 Å². The summed E-state index contributed by atoms with van der Waals surface area (Å²) < 4.78 is 5.23. The van der Waals surface area contributed by atoms with Crippen molar-refractivity contribution in [3.8, 4) is 0 Å². The molecule has 0 bridgehead atoms. The van der Waals surface area contributed by atoms with E-state index in [2.05, 4.69) is 5.32 Å². The average molecular weight is 304 g/mol. The van der Waals surface area contributed by atoms with Crippen LogP contribution in [0.5, 0.6) is 0 Å². The summed E-state index contributed by atoms with van der Waals surface area (Å²) in [5.74, 6) is -0.109. The quantitative estimate of drug-likeness (QED) is 0.814. The minimum Gasteiger partial charge on any atom is -0.385 e. The van der Waals surface area contributed by atoms with Crippen LogP contribution in [0.2, 0.25) is 0 Å². The molecule has 0 saturated heterocycles. The second kappa shape index (κ2) is 7.25. The monoisotopic (exact) mass is 304 g/mol. The normalized spacial score (nSPS) is 19.6. The van der Waals surface area contributed by atoms with Crippen molar-refractivity contribution >= 4 is 5.91 Å². The molecule has 1 aliphatic carbocycles. The van der Waals surface area contributed by atoms with E-state index in [1.54, 1.807) is 14.0 Å². The van der Waals surface area contributed by atoms with Crippen LogP contribution >= 0.6 is 0 Å². The Balaban J connectivity index is 1.99. The molecule has 0 aliphatic heterocycles. The Bertz CT molecular complexity index is 479. The van der Waals surface area contributed by atoms with Gasteiger partial charge >= 0.3 is 0 Å². The number of ether oxygens (including phenoxy) is 1. The zero-order valence-corrected chi connectivity index (χ0v) is 13.7. The Morgan fingerprint density at radius 2 is 1.95 bits per heavy atom. The summed E-state index contributed by atoms with van der Waals surface area (Å²) in [4.78, 5) is 12.6. The van der Waals surface area contributed by atoms with Crippen molar-refractivity contribution in [3.05, 3.63) is 35.9 Å². The molecule has 4 nitrogen and oxygen atoms in total. The van der Waals surface area contributed by atoms with E-state index >= 15 is 0 Å². The summed E-state index contributed by atoms with van der Waals surface area (Å²) in [6.45, 7) is 3.21. The third-order valence-corrected chi connectivity index (χ3v) is 4.97. The van der Waals surface area contributed by atoms with Crippen LogP contribution in [0.4, 0.5) is 0 Å². The van der Waals surface area contributed by atoms with Crippen LogP contribution in [-0.2, 0) is 15.1 Å². The number of amides is 1. The summed E-state index contributed by atoms with van der Waals surface area (Å²) in [6.07, 6.45) is 5.78. The van der Waals surface area contributed by atoms with Gasteiger partial charge in [0.2, 0.25) is 5.91 Å². The third kappa shape index (κ3) is 3.87. The Labute approximate surface area is 133 Å². The second-order valence-corrected chi connectivity index (χ2v) is 6.70. The lowest BCUT2D eigenvalue weighted by Crippen LogP contribution is -2.51. The van der Waals surface area contributed by atoms with Crippen LogP contribution in [0.25, 0.3) is 0 Å². The smallest absolute Gasteiger partial charge is 0.244 e. The number of rotatable bonds is 7. The molecule has 1 aromatic carbocycles. The van der Waals surface area contributed by atoms with E-state index in [0.29, 0.717) is 6.54 Å². The maximum atomic E-state index is 12.6. The molecule has 1 saturated carbocycles. The molecule has 1 aliphatic rings. The van der Waals surface area contributed by atoms with Gasteiger partial charge < -0.3 is 15.8 Å². The lowest BCUT2D eigenvalue weighted by molar-refractivity contribution is -0.126. The molecule has 122 valence electrons. The molecule has 0 aromatic heterocycles. The summed E-state index contributed by atoms with van der Waals surface area (Å²) >= 11 is 0. The van der Waals surface area contributed by atoms with Gasteiger partial charge in [0.15, 0.2) is 0 Å². The molecule has 1 fully saturated rings. The fourth-order valence-electron chi connectivity index (χ4n) is 3.33. The molecule has 22 heavy (non-hydrogen) atoms. The van der Waals surface area contributed by atoms with Crippen LogP contribution in [0.1, 0.15) is 44.6 Å². The standard InChI is InChI=1S/C18H28N2O2/c1-17(19,15-8-4-3-5-9-15)16(21)20-14-18(12-13-22-2)10-6-7-11-18/h3-5,8-9H,6-7,10-14,19H2,1-2H3,(H,20,21). The van der Waals surface area contributed by atoms with Crippen molar-refractivity contribution in [2.75, 3.05) is 20.3 Å². The number of nitrogens with one attached hydrogen (secondary N) is 1. The molecule has 1 unspecified atom stereocenters. The molecular formula is C18H28N2O2. The van der Waals surface area contributed by atoms with E-state index in [1.165, 1.54) is 12.8 Å². The average Bonchev–Trinajstić information content (AvgIpc) is 3.00. The first-order chi connectivity index (χ1) is 10.5. The fraction of sp³-hybridized carbons (Fsp3) is 0.611. The van der Waals surface area contributed by atoms with Gasteiger partial charge in [-0.25, -0.2) is 0 Å². The van der Waals surface area contributed by atoms with Crippen molar-refractivity contribution < 1.29 is 9.53 Å². The highest BCUT2D eigenvalue weighted by Crippen LogP contribution is 2.40. The maximum Gasteiger partial charge on any atom is 0.244 e. The molecule has 2 rings (SSSR count). The molecule has 3 N–H and O–H groups in total. The highest BCUT2D eigenvalue weighted by molar-refractivity contribution is 5.87. The Hall–Kier alpha value is -1.39. The van der Waals surface area contributed by atoms with E-state index in [1.807, 2.05) is 30.3 Å². The highest BCUT2D eigenvalue weighted by atomic mass is 16.5. The third-order valence-electron chi connectivity index (χ3n) is 4.97. The number of hydrogen-bond acceptors (Lipinski definition) is 3. The van der Waals surface area contributed by atoms with Gasteiger partial charge in [-0.15, -0.1) is 0 Å². The minimum atomic E-state index is -0.998. The van der Waals surface area contributed by atoms with Crippen molar-refractivity contribution in [3.63, 3.8) is 0 Å². The SMILES string of the molecule is COCCC1(CNC(=O)C(C)(N)c2ccccc2)CCCC1. The largest absolute Gasteiger partial charge is 0.385 e. The molecule has 0 radical (unpaired) electrons. The van der Waals surface area contributed by atoms with Crippen LogP contribution in [0.15, 0.2) is 30.3 Å². The van der Waals surface area contributed by atoms with Crippen LogP contribution in [0.3, 0.4) is 0 Å². The van der Waals surface area contributed by atoms with E-state index in [0.717, 1.165) is 31.4 Å². The molecule has 0 spiro atoms. The van der Waals surface area contributed by atoms with Crippen molar-refractivity contribution in [2.24, 2.45) is 11.1 Å². The van der Waals surface area contributed by atoms with Crippen LogP contribution < -0.4 is 11.1 Å². The zero-order valence-electron chi connectivity index (χ0n) is 13.7. The molecule has 0 heterocycles. The fourth-order valence-corrected chi connectivity index (χ4v) is 3.33. The van der Waals surface area contributed by atoms with Gasteiger partial charge in [0.05, 0.1) is 0 Å². The first-order valence-electron chi connectivity index (χ1n) is 8.12. The topological polar surface area (TPSA) is 64.3 Å². The van der Waals surface area contributed by atoms with Gasteiger partial charge in [-0.05, 0) is 37.2 Å². The minimum absolute atomic E-state index is 0.109. The number of methoxy groups -OCH3 is 1.